The van der Waals surface area contributed by atoms with Gasteiger partial charge in [0.05, 0.1) is 0 Å². The van der Waals surface area contributed by atoms with Gasteiger partial charge in [-0.1, -0.05) is 48.5 Å². The summed E-state index contributed by atoms with van der Waals surface area (Å²) in [6.45, 7) is 9.60. The van der Waals surface area contributed by atoms with Crippen LogP contribution in [0.4, 0.5) is 0 Å². The fourth-order valence-electron chi connectivity index (χ4n) is 5.48. The first-order valence-electron chi connectivity index (χ1n) is 10.6. The van der Waals surface area contributed by atoms with Crippen molar-refractivity contribution >= 4 is 30.8 Å². The third kappa shape index (κ3) is 3.60. The van der Waals surface area contributed by atoms with Crippen LogP contribution in [0.15, 0.2) is 48.5 Å². The molecular weight excluding hydrogens is 357 g/mol. The van der Waals surface area contributed by atoms with Crippen LogP contribution in [0.25, 0.3) is 21.5 Å². The lowest BCUT2D eigenvalue weighted by Gasteiger charge is -2.54. The number of hydrogen-bond donors (Lipinski definition) is 0. The largest absolute Gasteiger partial charge is 0.296 e. The maximum atomic E-state index is 2.82. The van der Waals surface area contributed by atoms with Gasteiger partial charge in [0.25, 0.3) is 0 Å². The molecule has 2 heteroatoms. The van der Waals surface area contributed by atoms with E-state index in [0.717, 1.165) is 12.1 Å². The molecule has 1 unspecified atom stereocenters. The highest BCUT2D eigenvalue weighted by molar-refractivity contribution is 7.15. The Morgan fingerprint density at radius 2 is 1.32 bits per heavy atom. The molecule has 0 spiro atoms. The molecule has 28 heavy (non-hydrogen) atoms. The Balaban J connectivity index is 1.64. The Morgan fingerprint density at radius 1 is 0.821 bits per heavy atom. The minimum Gasteiger partial charge on any atom is -0.296 e. The van der Waals surface area contributed by atoms with Crippen molar-refractivity contribution in [2.45, 2.75) is 64.2 Å². The first-order chi connectivity index (χ1) is 13.2. The van der Waals surface area contributed by atoms with E-state index in [1.165, 1.54) is 51.9 Å². The summed E-state index contributed by atoms with van der Waals surface area (Å²) in [4.78, 5) is 2.58. The minimum absolute atomic E-state index is 0.259. The maximum Gasteiger partial charge on any atom is 0.0158 e. The van der Waals surface area contributed by atoms with E-state index in [-0.39, 0.29) is 11.1 Å². The quantitative estimate of drug-likeness (QED) is 0.350. The standard InChI is InChI=1S/C26H34NP/c1-25(2)15-20(16-26(3,4)27(25)5)12-18-6-10-23-21(13-18)8-9-22-14-19(17-28)7-11-24(22)23/h6-11,13-14,20H,12,15-17,28H2,1-5H3. The molecular formula is C26H34NP. The van der Waals surface area contributed by atoms with E-state index >= 15 is 0 Å². The van der Waals surface area contributed by atoms with E-state index in [1.54, 1.807) is 0 Å². The van der Waals surface area contributed by atoms with Gasteiger partial charge in [-0.2, -0.15) is 0 Å². The Labute approximate surface area is 172 Å². The van der Waals surface area contributed by atoms with Crippen LogP contribution in [0.3, 0.4) is 0 Å². The summed E-state index contributed by atoms with van der Waals surface area (Å²) in [6, 6.07) is 18.6. The van der Waals surface area contributed by atoms with E-state index in [0.29, 0.717) is 0 Å². The van der Waals surface area contributed by atoms with Gasteiger partial charge in [0.1, 0.15) is 0 Å². The van der Waals surface area contributed by atoms with Crippen LogP contribution in [0.5, 0.6) is 0 Å². The van der Waals surface area contributed by atoms with Crippen molar-refractivity contribution < 1.29 is 0 Å². The molecule has 4 rings (SSSR count). The molecule has 0 amide bonds. The fraction of sp³-hybridized carbons (Fsp3) is 0.462. The predicted molar refractivity (Wildman–Crippen MR) is 127 cm³/mol. The Hall–Kier alpha value is -1.43. The van der Waals surface area contributed by atoms with Gasteiger partial charge in [0, 0.05) is 11.1 Å². The van der Waals surface area contributed by atoms with Crippen LogP contribution in [0.1, 0.15) is 51.7 Å². The number of piperidine rings is 1. The smallest absolute Gasteiger partial charge is 0.0158 e. The van der Waals surface area contributed by atoms with Crippen molar-refractivity contribution in [1.29, 1.82) is 0 Å². The van der Waals surface area contributed by atoms with Gasteiger partial charge in [0.2, 0.25) is 0 Å². The van der Waals surface area contributed by atoms with Crippen molar-refractivity contribution in [3.8, 4) is 0 Å². The average molecular weight is 392 g/mol. The molecule has 0 bridgehead atoms. The summed E-state index contributed by atoms with van der Waals surface area (Å²) in [5.41, 5.74) is 3.37. The van der Waals surface area contributed by atoms with Gasteiger partial charge in [0.15, 0.2) is 0 Å². The minimum atomic E-state index is 0.259. The summed E-state index contributed by atoms with van der Waals surface area (Å²) < 4.78 is 0. The van der Waals surface area contributed by atoms with Crippen molar-refractivity contribution in [2.75, 3.05) is 7.05 Å². The zero-order chi connectivity index (χ0) is 20.1. The molecule has 0 saturated carbocycles. The summed E-state index contributed by atoms with van der Waals surface area (Å²) in [5, 5.41) is 5.46. The molecule has 1 saturated heterocycles. The lowest BCUT2D eigenvalue weighted by Crippen LogP contribution is -2.58. The number of rotatable bonds is 3. The second-order valence-electron chi connectivity index (χ2n) is 10.0. The van der Waals surface area contributed by atoms with Gasteiger partial charge in [-0.15, -0.1) is 9.24 Å². The fourth-order valence-corrected chi connectivity index (χ4v) is 5.73. The Kier molecular flexibility index (Phi) is 5.05. The van der Waals surface area contributed by atoms with E-state index in [1.807, 2.05) is 0 Å². The summed E-state index contributed by atoms with van der Waals surface area (Å²) in [6.07, 6.45) is 4.72. The number of benzene rings is 3. The average Bonchev–Trinajstić information content (AvgIpc) is 2.64. The topological polar surface area (TPSA) is 3.24 Å². The molecule has 1 aliphatic heterocycles. The summed E-state index contributed by atoms with van der Waals surface area (Å²) >= 11 is 0. The van der Waals surface area contributed by atoms with Crippen LogP contribution in [0, 0.1) is 5.92 Å². The monoisotopic (exact) mass is 391 g/mol. The maximum absolute atomic E-state index is 2.82. The van der Waals surface area contributed by atoms with Gasteiger partial charge in [-0.25, -0.2) is 0 Å². The molecule has 0 N–H and O–H groups in total. The van der Waals surface area contributed by atoms with Gasteiger partial charge in [-0.05, 0) is 98.8 Å². The molecule has 0 radical (unpaired) electrons. The van der Waals surface area contributed by atoms with Gasteiger partial charge in [-0.3, -0.25) is 4.90 Å². The summed E-state index contributed by atoms with van der Waals surface area (Å²) in [5.74, 6) is 0.740. The van der Waals surface area contributed by atoms with Crippen LogP contribution < -0.4 is 0 Å². The molecule has 3 aromatic rings. The van der Waals surface area contributed by atoms with E-state index in [2.05, 4.69) is 97.4 Å². The van der Waals surface area contributed by atoms with E-state index in [9.17, 15) is 0 Å². The number of hydrogen-bond acceptors (Lipinski definition) is 1. The van der Waals surface area contributed by atoms with Gasteiger partial charge >= 0.3 is 0 Å². The predicted octanol–water partition coefficient (Wildman–Crippen LogP) is 6.81. The van der Waals surface area contributed by atoms with Gasteiger partial charge < -0.3 is 0 Å². The highest BCUT2D eigenvalue weighted by Crippen LogP contribution is 2.41. The zero-order valence-corrected chi connectivity index (χ0v) is 19.2. The van der Waals surface area contributed by atoms with Crippen LogP contribution in [0.2, 0.25) is 0 Å². The third-order valence-corrected chi connectivity index (χ3v) is 7.59. The van der Waals surface area contributed by atoms with Crippen molar-refractivity contribution in [3.63, 3.8) is 0 Å². The second-order valence-corrected chi connectivity index (χ2v) is 10.5. The first kappa shape index (κ1) is 19.9. The third-order valence-electron chi connectivity index (χ3n) is 7.12. The lowest BCUT2D eigenvalue weighted by molar-refractivity contribution is -0.0296. The zero-order valence-electron chi connectivity index (χ0n) is 18.0. The molecule has 1 nitrogen and oxygen atoms in total. The van der Waals surface area contributed by atoms with E-state index < -0.39 is 0 Å². The molecule has 0 aliphatic carbocycles. The molecule has 1 atom stereocenters. The molecule has 0 aromatic heterocycles. The normalized spacial score (nSPS) is 20.1. The number of fused-ring (bicyclic) bond motifs is 3. The Bertz CT molecular complexity index is 1000. The molecule has 3 aromatic carbocycles. The lowest BCUT2D eigenvalue weighted by atomic mass is 9.72. The van der Waals surface area contributed by atoms with Crippen molar-refractivity contribution in [3.05, 3.63) is 59.7 Å². The molecule has 1 aliphatic rings. The number of nitrogens with zero attached hydrogens (tertiary/aromatic N) is 1. The second kappa shape index (κ2) is 7.12. The van der Waals surface area contributed by atoms with E-state index in [4.69, 9.17) is 0 Å². The van der Waals surface area contributed by atoms with Crippen molar-refractivity contribution in [1.82, 2.24) is 4.90 Å². The highest BCUT2D eigenvalue weighted by atomic mass is 31.0. The van der Waals surface area contributed by atoms with Crippen LogP contribution in [-0.2, 0) is 12.6 Å². The van der Waals surface area contributed by atoms with Crippen molar-refractivity contribution in [2.24, 2.45) is 5.92 Å². The first-order valence-corrected chi connectivity index (χ1v) is 11.4. The highest BCUT2D eigenvalue weighted by Gasteiger charge is 2.42. The van der Waals surface area contributed by atoms with Crippen LogP contribution >= 0.6 is 9.24 Å². The Morgan fingerprint density at radius 3 is 1.86 bits per heavy atom. The van der Waals surface area contributed by atoms with Crippen LogP contribution in [-0.4, -0.2) is 23.0 Å². The SMILES string of the molecule is CN1C(C)(C)CC(Cc2ccc3c(ccc4cc(CP)ccc43)c2)CC1(C)C. The summed E-state index contributed by atoms with van der Waals surface area (Å²) in [7, 11) is 5.11. The molecule has 1 heterocycles. The molecule has 1 fully saturated rings. The number of likely N-dealkylation sites (tertiary alicyclic amines) is 1. The molecule has 148 valence electrons.